The molecular formula is C25H29IS. The van der Waals surface area contributed by atoms with Crippen molar-refractivity contribution in [1.29, 1.82) is 0 Å². The van der Waals surface area contributed by atoms with Gasteiger partial charge in [-0.3, -0.25) is 0 Å². The van der Waals surface area contributed by atoms with Crippen molar-refractivity contribution in [3.05, 3.63) is 84.8 Å². The Labute approximate surface area is 182 Å². The van der Waals surface area contributed by atoms with Gasteiger partial charge in [-0.05, 0) is 120 Å². The van der Waals surface area contributed by atoms with Crippen molar-refractivity contribution in [1.82, 2.24) is 0 Å². The van der Waals surface area contributed by atoms with Gasteiger partial charge in [0, 0.05) is 8.48 Å². The molecule has 0 unspecified atom stereocenters. The summed E-state index contributed by atoms with van der Waals surface area (Å²) < 4.78 is 1.35. The van der Waals surface area contributed by atoms with Crippen LogP contribution in [0.15, 0.2) is 47.9 Å². The first-order chi connectivity index (χ1) is 12.9. The van der Waals surface area contributed by atoms with Crippen molar-refractivity contribution in [2.24, 2.45) is 0 Å². The van der Waals surface area contributed by atoms with E-state index in [-0.39, 0.29) is 0 Å². The topological polar surface area (TPSA) is 0 Å². The second-order valence-electron chi connectivity index (χ2n) is 7.75. The lowest BCUT2D eigenvalue weighted by Gasteiger charge is -2.11. The van der Waals surface area contributed by atoms with Gasteiger partial charge in [0.1, 0.15) is 0 Å². The van der Waals surface area contributed by atoms with Crippen LogP contribution in [-0.2, 0) is 19.3 Å². The van der Waals surface area contributed by atoms with E-state index in [1.807, 2.05) is 0 Å². The Morgan fingerprint density at radius 1 is 1.04 bits per heavy atom. The van der Waals surface area contributed by atoms with Gasteiger partial charge < -0.3 is 0 Å². The molecule has 0 bridgehead atoms. The van der Waals surface area contributed by atoms with Gasteiger partial charge in [-0.2, -0.15) is 0 Å². The molecular weight excluding hydrogens is 459 g/mol. The number of hydrogen-bond donors (Lipinski definition) is 0. The first-order valence-electron chi connectivity index (χ1n) is 9.83. The molecule has 0 heterocycles. The number of benzene rings is 2. The number of hydrogen-bond acceptors (Lipinski definition) is 1. The molecule has 0 fully saturated rings. The molecule has 0 spiro atoms. The van der Waals surface area contributed by atoms with E-state index in [2.05, 4.69) is 85.7 Å². The highest BCUT2D eigenvalue weighted by atomic mass is 127. The molecule has 27 heavy (non-hydrogen) atoms. The van der Waals surface area contributed by atoms with Crippen LogP contribution >= 0.6 is 34.4 Å². The van der Waals surface area contributed by atoms with Crippen LogP contribution in [-0.4, -0.2) is 0 Å². The number of halogens is 1. The molecule has 2 heteroatoms. The molecule has 0 saturated heterocycles. The summed E-state index contributed by atoms with van der Waals surface area (Å²) in [5.74, 6) is 0. The molecule has 0 radical (unpaired) electrons. The van der Waals surface area contributed by atoms with E-state index < -0.39 is 0 Å². The molecule has 0 aliphatic heterocycles. The molecule has 0 atom stereocenters. The van der Waals surface area contributed by atoms with Crippen LogP contribution in [0.1, 0.15) is 59.6 Å². The summed E-state index contributed by atoms with van der Waals surface area (Å²) in [5.41, 5.74) is 9.93. The van der Waals surface area contributed by atoms with Crippen LogP contribution in [0.25, 0.3) is 4.91 Å². The van der Waals surface area contributed by atoms with Gasteiger partial charge in [0.25, 0.3) is 0 Å². The molecule has 1 aliphatic carbocycles. The zero-order valence-corrected chi connectivity index (χ0v) is 19.7. The van der Waals surface area contributed by atoms with Crippen molar-refractivity contribution in [3.63, 3.8) is 0 Å². The van der Waals surface area contributed by atoms with Crippen molar-refractivity contribution in [3.8, 4) is 0 Å². The lowest BCUT2D eigenvalue weighted by molar-refractivity contribution is 0.711. The minimum atomic E-state index is 1.01. The van der Waals surface area contributed by atoms with Gasteiger partial charge in [-0.25, -0.2) is 0 Å². The largest absolute Gasteiger partial charge is 0.0981 e. The summed E-state index contributed by atoms with van der Waals surface area (Å²) in [6.07, 6.45) is 7.49. The van der Waals surface area contributed by atoms with Gasteiger partial charge in [-0.15, -0.1) is 0 Å². The summed E-state index contributed by atoms with van der Waals surface area (Å²) in [6.45, 7) is 11.0. The first-order valence-corrected chi connectivity index (χ1v) is 11.8. The Hall–Kier alpha value is -1.00. The van der Waals surface area contributed by atoms with E-state index in [1.54, 1.807) is 17.3 Å². The summed E-state index contributed by atoms with van der Waals surface area (Å²) in [7, 11) is 0. The zero-order valence-electron chi connectivity index (χ0n) is 16.7. The van der Waals surface area contributed by atoms with E-state index in [4.69, 9.17) is 0 Å². The Morgan fingerprint density at radius 3 is 2.56 bits per heavy atom. The molecule has 2 aromatic carbocycles. The number of allylic oxidation sites excluding steroid dienone is 1. The van der Waals surface area contributed by atoms with Gasteiger partial charge in [0.2, 0.25) is 0 Å². The zero-order chi connectivity index (χ0) is 19.4. The van der Waals surface area contributed by atoms with Crippen molar-refractivity contribution >= 4 is 39.3 Å². The lowest BCUT2D eigenvalue weighted by Crippen LogP contribution is -1.94. The van der Waals surface area contributed by atoms with E-state index in [0.29, 0.717) is 0 Å². The van der Waals surface area contributed by atoms with E-state index in [9.17, 15) is 0 Å². The maximum absolute atomic E-state index is 4.34. The molecule has 0 aromatic heterocycles. The quantitative estimate of drug-likeness (QED) is 0.303. The van der Waals surface area contributed by atoms with Crippen LogP contribution < -0.4 is 0 Å². The normalized spacial score (nSPS) is 14.6. The monoisotopic (exact) mass is 488 g/mol. The highest BCUT2D eigenvalue weighted by Gasteiger charge is 2.10. The standard InChI is InChI=1S/C25H29IS/c1-17(12-24-13-19(3)25(26)14-18(24)2)16-27-20(4)22-11-10-21-8-6-5-7-9-23(21)15-22/h10-11,13-16H,4-9,12H2,1-3H3/b17-16+. The number of fused-ring (bicyclic) bond motifs is 1. The average Bonchev–Trinajstić information content (AvgIpc) is 2.89. The van der Waals surface area contributed by atoms with Crippen LogP contribution in [0.4, 0.5) is 0 Å². The van der Waals surface area contributed by atoms with Crippen molar-refractivity contribution < 1.29 is 0 Å². The van der Waals surface area contributed by atoms with E-state index in [0.717, 1.165) is 11.3 Å². The van der Waals surface area contributed by atoms with Crippen molar-refractivity contribution in [2.45, 2.75) is 59.3 Å². The van der Waals surface area contributed by atoms with Crippen LogP contribution in [0, 0.1) is 17.4 Å². The molecule has 142 valence electrons. The molecule has 2 aromatic rings. The maximum atomic E-state index is 4.34. The third-order valence-corrected chi connectivity index (χ3v) is 7.61. The fraction of sp³-hybridized carbons (Fsp3) is 0.360. The minimum absolute atomic E-state index is 1.01. The van der Waals surface area contributed by atoms with Crippen molar-refractivity contribution in [2.75, 3.05) is 0 Å². The summed E-state index contributed by atoms with van der Waals surface area (Å²) in [4.78, 5) is 1.15. The summed E-state index contributed by atoms with van der Waals surface area (Å²) in [5, 5.41) is 2.28. The fourth-order valence-corrected chi connectivity index (χ4v) is 5.01. The van der Waals surface area contributed by atoms with Crippen LogP contribution in [0.5, 0.6) is 0 Å². The highest BCUT2D eigenvalue weighted by molar-refractivity contribution is 14.1. The Morgan fingerprint density at radius 2 is 1.78 bits per heavy atom. The number of rotatable bonds is 5. The Balaban J connectivity index is 1.67. The highest BCUT2D eigenvalue weighted by Crippen LogP contribution is 2.31. The second kappa shape index (κ2) is 9.47. The maximum Gasteiger partial charge on any atom is 0.0162 e. The second-order valence-corrected chi connectivity index (χ2v) is 9.88. The molecule has 3 rings (SSSR count). The summed E-state index contributed by atoms with van der Waals surface area (Å²) in [6, 6.07) is 11.6. The average molecular weight is 488 g/mol. The number of aryl methyl sites for hydroxylation is 4. The van der Waals surface area contributed by atoms with Gasteiger partial charge in [0.05, 0.1) is 0 Å². The van der Waals surface area contributed by atoms with Crippen LogP contribution in [0.3, 0.4) is 0 Å². The third-order valence-electron chi connectivity index (χ3n) is 5.41. The smallest absolute Gasteiger partial charge is 0.0162 e. The molecule has 0 amide bonds. The molecule has 0 saturated carbocycles. The molecule has 0 N–H and O–H groups in total. The predicted octanol–water partition coefficient (Wildman–Crippen LogP) is 8.03. The Bertz CT molecular complexity index is 876. The molecule has 1 aliphatic rings. The van der Waals surface area contributed by atoms with Crippen LogP contribution in [0.2, 0.25) is 0 Å². The SMILES string of the molecule is C=C(S/C=C(\C)Cc1cc(C)c(I)cc1C)c1ccc2c(c1)CCCCC2. The third kappa shape index (κ3) is 5.51. The van der Waals surface area contributed by atoms with Gasteiger partial charge in [0.15, 0.2) is 0 Å². The lowest BCUT2D eigenvalue weighted by atomic mass is 10.00. The Kier molecular flexibility index (Phi) is 7.27. The summed E-state index contributed by atoms with van der Waals surface area (Å²) >= 11 is 4.19. The number of thioether (sulfide) groups is 1. The van der Waals surface area contributed by atoms with E-state index in [1.165, 1.54) is 69.1 Å². The van der Waals surface area contributed by atoms with E-state index >= 15 is 0 Å². The fourth-order valence-electron chi connectivity index (χ4n) is 3.70. The van der Waals surface area contributed by atoms with Gasteiger partial charge in [-0.1, -0.05) is 54.6 Å². The minimum Gasteiger partial charge on any atom is -0.0981 e. The molecule has 0 nitrogen and oxygen atoms in total. The first kappa shape index (κ1) is 20.7. The predicted molar refractivity (Wildman–Crippen MR) is 130 cm³/mol. The van der Waals surface area contributed by atoms with Gasteiger partial charge >= 0.3 is 0 Å².